The van der Waals surface area contributed by atoms with E-state index in [1.165, 1.54) is 43.9 Å². The number of aromatic carboxylic acids is 2. The Kier molecular flexibility index (Phi) is 8.20. The van der Waals surface area contributed by atoms with Gasteiger partial charge in [0.05, 0.1) is 11.5 Å². The van der Waals surface area contributed by atoms with Crippen LogP contribution in [0.1, 0.15) is 42.9 Å². The van der Waals surface area contributed by atoms with Gasteiger partial charge in [-0.3, -0.25) is 0 Å². The van der Waals surface area contributed by atoms with Gasteiger partial charge in [0.15, 0.2) is 0 Å². The van der Waals surface area contributed by atoms with Gasteiger partial charge in [-0.15, -0.1) is 0 Å². The Morgan fingerprint density at radius 3 is 1.74 bits per heavy atom. The van der Waals surface area contributed by atoms with Crippen LogP contribution < -0.4 is 5.11 Å². The number of benzene rings is 1. The first-order chi connectivity index (χ1) is 8.97. The van der Waals surface area contributed by atoms with Gasteiger partial charge in [0.1, 0.15) is 0 Å². The molecule has 0 bridgehead atoms. The topological polar surface area (TPSA) is 80.7 Å². The van der Waals surface area contributed by atoms with E-state index in [4.69, 9.17) is 5.11 Å². The van der Waals surface area contributed by atoms with Crippen LogP contribution in [0.2, 0.25) is 0 Å². The average molecular weight is 267 g/mol. The Morgan fingerprint density at radius 2 is 1.53 bits per heavy atom. The molecule has 0 amide bonds. The highest BCUT2D eigenvalue weighted by Crippen LogP contribution is 2.06. The van der Waals surface area contributed by atoms with Gasteiger partial charge < -0.3 is 19.9 Å². The highest BCUT2D eigenvalue weighted by molar-refractivity contribution is 6.00. The van der Waals surface area contributed by atoms with Gasteiger partial charge >= 0.3 is 7.40 Å². The lowest BCUT2D eigenvalue weighted by Crippen LogP contribution is -2.24. The molecular formula is C14H21NO4. The lowest BCUT2D eigenvalue weighted by molar-refractivity contribution is -0.255. The summed E-state index contributed by atoms with van der Waals surface area (Å²) in [4.78, 5) is 23.2. The molecule has 19 heavy (non-hydrogen) atoms. The molecule has 0 aromatic heterocycles. The van der Waals surface area contributed by atoms with Crippen molar-refractivity contribution < 1.29 is 21.2 Å². The number of carbonyl (C=O) groups is 2. The molecule has 5 heteroatoms. The lowest BCUT2D eigenvalue weighted by atomic mass is 10.1. The fourth-order valence-corrected chi connectivity index (χ4v) is 1.52. The second-order valence-corrected chi connectivity index (χ2v) is 3.76. The zero-order valence-corrected chi connectivity index (χ0v) is 11.5. The Morgan fingerprint density at radius 1 is 1.11 bits per heavy atom. The van der Waals surface area contributed by atoms with Crippen LogP contribution in [0, 0.1) is 0 Å². The molecule has 0 aliphatic heterocycles. The van der Waals surface area contributed by atoms with Crippen LogP contribution in [0.15, 0.2) is 24.3 Å². The number of carboxylic acids is 2. The van der Waals surface area contributed by atoms with Gasteiger partial charge in [0.25, 0.3) is 0 Å². The highest BCUT2D eigenvalue weighted by atomic mass is 16.4. The molecule has 1 N–H and O–H groups in total. The summed E-state index contributed by atoms with van der Waals surface area (Å²) in [6, 6.07) is 5.31. The van der Waals surface area contributed by atoms with E-state index >= 15 is 0 Å². The van der Waals surface area contributed by atoms with E-state index < -0.39 is 11.9 Å². The van der Waals surface area contributed by atoms with Crippen molar-refractivity contribution >= 4 is 11.9 Å². The molecule has 0 spiro atoms. The van der Waals surface area contributed by atoms with Gasteiger partial charge in [0.2, 0.25) is 0 Å². The smallest absolute Gasteiger partial charge is 0.545 e. The van der Waals surface area contributed by atoms with Crippen LogP contribution >= 0.6 is 0 Å². The van der Waals surface area contributed by atoms with Crippen molar-refractivity contribution in [3.63, 3.8) is 0 Å². The molecule has 0 saturated heterocycles. The first kappa shape index (κ1) is 17.1. The van der Waals surface area contributed by atoms with Gasteiger partial charge in [-0.1, -0.05) is 39.0 Å². The summed E-state index contributed by atoms with van der Waals surface area (Å²) >= 11 is 0. The first-order valence-corrected chi connectivity index (χ1v) is 6.23. The molecule has 0 radical (unpaired) electrons. The van der Waals surface area contributed by atoms with Crippen LogP contribution in [0.5, 0.6) is 0 Å². The fraction of sp³-hybridized carbons (Fsp3) is 0.429. The number of carbonyl (C=O) groups excluding carboxylic acids is 1. The second kappa shape index (κ2) is 9.10. The maximum Gasteiger partial charge on any atom is 1.00 e. The lowest BCUT2D eigenvalue weighted by Gasteiger charge is -2.13. The largest absolute Gasteiger partial charge is 1.00 e. The number of rotatable bonds is 5. The standard InChI is InChI=1S/C8H6O4.C6H15N/c9-7(10)5-3-1-2-4-6(5)8(11)12;1-4-7(5-2)6-3/h1-4H,(H,9,10)(H,11,12);4-6H2,1-3H3. The third-order valence-electron chi connectivity index (χ3n) is 2.72. The minimum absolute atomic E-state index is 0. The van der Waals surface area contributed by atoms with E-state index in [0.29, 0.717) is 0 Å². The van der Waals surface area contributed by atoms with Crippen molar-refractivity contribution in [2.24, 2.45) is 0 Å². The van der Waals surface area contributed by atoms with Gasteiger partial charge in [0, 0.05) is 5.56 Å². The van der Waals surface area contributed by atoms with Gasteiger partial charge in [-0.05, 0) is 25.7 Å². The molecule has 0 aliphatic carbocycles. The third-order valence-corrected chi connectivity index (χ3v) is 2.72. The minimum atomic E-state index is -1.48. The van der Waals surface area contributed by atoms with Crippen molar-refractivity contribution in [2.75, 3.05) is 19.6 Å². The van der Waals surface area contributed by atoms with E-state index in [1.807, 2.05) is 0 Å². The minimum Gasteiger partial charge on any atom is -0.545 e. The molecule has 1 aromatic carbocycles. The molecule has 0 saturated carbocycles. The molecule has 0 unspecified atom stereocenters. The summed E-state index contributed by atoms with van der Waals surface area (Å²) < 4.78 is 0. The van der Waals surface area contributed by atoms with Crippen molar-refractivity contribution in [3.05, 3.63) is 35.4 Å². The van der Waals surface area contributed by atoms with Crippen molar-refractivity contribution in [1.82, 2.24) is 4.90 Å². The van der Waals surface area contributed by atoms with Crippen molar-refractivity contribution in [2.45, 2.75) is 20.8 Å². The monoisotopic (exact) mass is 267 g/mol. The second-order valence-electron chi connectivity index (χ2n) is 3.76. The summed E-state index contributed by atoms with van der Waals surface area (Å²) in [5.74, 6) is -2.75. The maximum atomic E-state index is 10.4. The van der Waals surface area contributed by atoms with E-state index in [2.05, 4.69) is 25.7 Å². The van der Waals surface area contributed by atoms with Crippen LogP contribution in [0.3, 0.4) is 0 Å². The Balaban J connectivity index is 0. The molecule has 5 nitrogen and oxygen atoms in total. The predicted octanol–water partition coefficient (Wildman–Crippen LogP) is 1.21. The summed E-state index contributed by atoms with van der Waals surface area (Å²) in [7, 11) is 0. The average Bonchev–Trinajstić information content (AvgIpc) is 2.41. The first-order valence-electron chi connectivity index (χ1n) is 6.23. The maximum absolute atomic E-state index is 10.4. The van der Waals surface area contributed by atoms with Gasteiger partial charge in [-0.25, -0.2) is 4.79 Å². The Hall–Kier alpha value is -1.88. The summed E-state index contributed by atoms with van der Waals surface area (Å²) in [6.45, 7) is 10.1. The number of hydrogen-bond acceptors (Lipinski definition) is 4. The summed E-state index contributed by atoms with van der Waals surface area (Å²) in [6.07, 6.45) is 0. The zero-order valence-electron chi connectivity index (χ0n) is 12.5. The molecule has 0 aliphatic rings. The Labute approximate surface area is 115 Å². The molecule has 0 heterocycles. The summed E-state index contributed by atoms with van der Waals surface area (Å²) in [5, 5.41) is 18.9. The molecule has 1 rings (SSSR count). The Bertz CT molecular complexity index is 381. The predicted molar refractivity (Wildman–Crippen MR) is 72.3 cm³/mol. The van der Waals surface area contributed by atoms with Crippen LogP contribution in [-0.2, 0) is 0 Å². The van der Waals surface area contributed by atoms with Crippen LogP contribution in [-0.4, -0.2) is 41.6 Å². The quantitative estimate of drug-likeness (QED) is 0.867. The van der Waals surface area contributed by atoms with E-state index in [-0.39, 0.29) is 12.6 Å². The van der Waals surface area contributed by atoms with Crippen molar-refractivity contribution in [3.8, 4) is 0 Å². The number of nitrogens with zero attached hydrogens (tertiary/aromatic N) is 1. The van der Waals surface area contributed by atoms with E-state index in [1.54, 1.807) is 0 Å². The molecule has 0 fully saturated rings. The van der Waals surface area contributed by atoms with E-state index in [0.717, 1.165) is 0 Å². The van der Waals surface area contributed by atoms with Gasteiger partial charge in [-0.2, -0.15) is 0 Å². The molecular weight excluding hydrogens is 246 g/mol. The third kappa shape index (κ3) is 6.01. The molecule has 0 atom stereocenters. The number of hydrogen-bond donors (Lipinski definition) is 1. The highest BCUT2D eigenvalue weighted by Gasteiger charge is 2.08. The van der Waals surface area contributed by atoms with Crippen LogP contribution in [0.4, 0.5) is 0 Å². The molecule has 106 valence electrons. The summed E-state index contributed by atoms with van der Waals surface area (Å²) in [5.41, 5.74) is -0.553. The zero-order chi connectivity index (χ0) is 14.8. The SMILES string of the molecule is CCN(CC)CC.O=C([O-])c1ccccc1C(=O)O.[H+]. The van der Waals surface area contributed by atoms with Crippen LogP contribution in [0.25, 0.3) is 0 Å². The normalized spacial score (nSPS) is 9.68. The van der Waals surface area contributed by atoms with E-state index in [9.17, 15) is 14.7 Å². The molecule has 1 aromatic rings. The van der Waals surface area contributed by atoms with Crippen molar-refractivity contribution in [1.29, 1.82) is 0 Å². The fourth-order valence-electron chi connectivity index (χ4n) is 1.52. The number of carboxylic acid groups (broad SMARTS) is 2.